The lowest BCUT2D eigenvalue weighted by Crippen LogP contribution is -2.05. The molecule has 1 aromatic heterocycles. The average molecular weight is 239 g/mol. The second-order valence-electron chi connectivity index (χ2n) is 3.27. The highest BCUT2D eigenvalue weighted by atomic mass is 19.1. The van der Waals surface area contributed by atoms with Gasteiger partial charge < -0.3 is 10.8 Å². The molecule has 1 heterocycles. The second kappa shape index (κ2) is 3.85. The molecule has 0 unspecified atom stereocenters. The van der Waals surface area contributed by atoms with Crippen molar-refractivity contribution in [3.63, 3.8) is 0 Å². The maximum atomic E-state index is 13.4. The molecule has 0 aliphatic rings. The van der Waals surface area contributed by atoms with Gasteiger partial charge in [0.25, 0.3) is 0 Å². The minimum Gasteiger partial charge on any atom is -0.476 e. The number of aromatic carboxylic acids is 1. The lowest BCUT2D eigenvalue weighted by molar-refractivity contribution is 0.0690. The van der Waals surface area contributed by atoms with Crippen molar-refractivity contribution in [3.8, 4) is 5.69 Å². The van der Waals surface area contributed by atoms with Gasteiger partial charge in [-0.05, 0) is 12.1 Å². The largest absolute Gasteiger partial charge is 0.476 e. The van der Waals surface area contributed by atoms with Crippen LogP contribution in [0.1, 0.15) is 10.5 Å². The molecule has 0 aliphatic carbocycles. The number of aromatic nitrogens is 2. The van der Waals surface area contributed by atoms with Crippen LogP contribution in [0.15, 0.2) is 24.3 Å². The van der Waals surface area contributed by atoms with Crippen LogP contribution < -0.4 is 5.73 Å². The summed E-state index contributed by atoms with van der Waals surface area (Å²) in [6.45, 7) is 0. The Balaban J connectivity index is 2.56. The van der Waals surface area contributed by atoms with Crippen LogP contribution in [0.5, 0.6) is 0 Å². The summed E-state index contributed by atoms with van der Waals surface area (Å²) in [5, 5.41) is 12.3. The summed E-state index contributed by atoms with van der Waals surface area (Å²) in [5.41, 5.74) is 5.07. The first-order chi connectivity index (χ1) is 7.99. The fourth-order valence-corrected chi connectivity index (χ4v) is 1.35. The van der Waals surface area contributed by atoms with Gasteiger partial charge in [0.15, 0.2) is 11.5 Å². The number of nitrogens with two attached hydrogens (primary N) is 1. The van der Waals surface area contributed by atoms with Crippen LogP contribution in [0.3, 0.4) is 0 Å². The molecule has 0 aliphatic heterocycles. The Hall–Kier alpha value is -2.44. The summed E-state index contributed by atoms with van der Waals surface area (Å²) in [4.78, 5) is 10.7. The zero-order chi connectivity index (χ0) is 12.6. The molecule has 7 heteroatoms. The molecule has 2 aromatic rings. The van der Waals surface area contributed by atoms with Crippen LogP contribution in [0, 0.1) is 11.6 Å². The Morgan fingerprint density at radius 3 is 2.59 bits per heavy atom. The third-order valence-corrected chi connectivity index (χ3v) is 2.09. The number of anilines is 1. The van der Waals surface area contributed by atoms with Gasteiger partial charge in [0.2, 0.25) is 0 Å². The summed E-state index contributed by atoms with van der Waals surface area (Å²) in [5.74, 6) is -2.95. The van der Waals surface area contributed by atoms with E-state index in [2.05, 4.69) is 5.10 Å². The van der Waals surface area contributed by atoms with Gasteiger partial charge in [0.1, 0.15) is 17.3 Å². The fraction of sp³-hybridized carbons (Fsp3) is 0. The number of carboxylic acid groups (broad SMARTS) is 1. The van der Waals surface area contributed by atoms with Crippen LogP contribution in [0.2, 0.25) is 0 Å². The van der Waals surface area contributed by atoms with Crippen LogP contribution in [-0.4, -0.2) is 20.9 Å². The zero-order valence-corrected chi connectivity index (χ0v) is 8.39. The summed E-state index contributed by atoms with van der Waals surface area (Å²) in [6.07, 6.45) is 0. The molecule has 2 rings (SSSR count). The Morgan fingerprint density at radius 1 is 1.35 bits per heavy atom. The van der Waals surface area contributed by atoms with E-state index in [1.807, 2.05) is 0 Å². The van der Waals surface area contributed by atoms with Gasteiger partial charge in [-0.1, -0.05) is 0 Å². The maximum Gasteiger partial charge on any atom is 0.356 e. The molecule has 1 aromatic carbocycles. The Bertz CT molecular complexity index is 595. The number of nitrogen functional groups attached to an aromatic ring is 1. The molecular weight excluding hydrogens is 232 g/mol. The van der Waals surface area contributed by atoms with Gasteiger partial charge in [0, 0.05) is 12.1 Å². The van der Waals surface area contributed by atoms with E-state index in [9.17, 15) is 13.6 Å². The zero-order valence-electron chi connectivity index (χ0n) is 8.39. The molecule has 17 heavy (non-hydrogen) atoms. The van der Waals surface area contributed by atoms with Crippen molar-refractivity contribution in [2.24, 2.45) is 0 Å². The molecular formula is C10H7F2N3O2. The van der Waals surface area contributed by atoms with Gasteiger partial charge in [-0.2, -0.15) is 5.10 Å². The van der Waals surface area contributed by atoms with Gasteiger partial charge in [-0.15, -0.1) is 0 Å². The number of carboxylic acids is 1. The molecule has 0 amide bonds. The van der Waals surface area contributed by atoms with E-state index in [1.54, 1.807) is 0 Å². The third-order valence-electron chi connectivity index (χ3n) is 2.09. The van der Waals surface area contributed by atoms with Crippen molar-refractivity contribution in [2.45, 2.75) is 0 Å². The highest BCUT2D eigenvalue weighted by Crippen LogP contribution is 2.18. The predicted molar refractivity (Wildman–Crippen MR) is 54.9 cm³/mol. The molecule has 5 nitrogen and oxygen atoms in total. The Kier molecular flexibility index (Phi) is 2.51. The van der Waals surface area contributed by atoms with Gasteiger partial charge in [-0.25, -0.2) is 18.3 Å². The second-order valence-corrected chi connectivity index (χ2v) is 3.27. The summed E-state index contributed by atoms with van der Waals surface area (Å²) >= 11 is 0. The van der Waals surface area contributed by atoms with Crippen molar-refractivity contribution >= 4 is 11.8 Å². The van der Waals surface area contributed by atoms with Crippen LogP contribution in [0.25, 0.3) is 5.69 Å². The van der Waals surface area contributed by atoms with E-state index in [1.165, 1.54) is 0 Å². The first kappa shape index (κ1) is 11.1. The number of benzene rings is 1. The SMILES string of the molecule is Nc1cc(C(=O)O)nn1-c1ccc(F)cc1F. The minimum absolute atomic E-state index is 0.0482. The van der Waals surface area contributed by atoms with E-state index in [0.717, 1.165) is 22.9 Å². The number of hydrogen-bond acceptors (Lipinski definition) is 3. The first-order valence-electron chi connectivity index (χ1n) is 4.53. The number of nitrogens with zero attached hydrogens (tertiary/aromatic N) is 2. The molecule has 0 saturated carbocycles. The number of carbonyl (C=O) groups is 1. The molecule has 0 saturated heterocycles. The van der Waals surface area contributed by atoms with Crippen molar-refractivity contribution in [3.05, 3.63) is 41.6 Å². The topological polar surface area (TPSA) is 81.1 Å². The molecule has 0 bridgehead atoms. The molecule has 88 valence electrons. The quantitative estimate of drug-likeness (QED) is 0.830. The van der Waals surface area contributed by atoms with E-state index in [-0.39, 0.29) is 17.2 Å². The minimum atomic E-state index is -1.28. The average Bonchev–Trinajstić information content (AvgIpc) is 2.61. The van der Waals surface area contributed by atoms with Crippen molar-refractivity contribution in [1.29, 1.82) is 0 Å². The molecule has 0 fully saturated rings. The molecule has 3 N–H and O–H groups in total. The molecule has 0 radical (unpaired) electrons. The Morgan fingerprint density at radius 2 is 2.06 bits per heavy atom. The fourth-order valence-electron chi connectivity index (χ4n) is 1.35. The molecule has 0 spiro atoms. The normalized spacial score (nSPS) is 10.5. The standard InChI is InChI=1S/C10H7F2N3O2/c11-5-1-2-8(6(12)3-5)15-9(13)4-7(14-15)10(16)17/h1-4H,13H2,(H,16,17). The Labute approximate surface area is 94.1 Å². The highest BCUT2D eigenvalue weighted by molar-refractivity contribution is 5.86. The summed E-state index contributed by atoms with van der Waals surface area (Å²) in [7, 11) is 0. The maximum absolute atomic E-state index is 13.4. The van der Waals surface area contributed by atoms with Crippen molar-refractivity contribution in [1.82, 2.24) is 9.78 Å². The van der Waals surface area contributed by atoms with Gasteiger partial charge in [-0.3, -0.25) is 0 Å². The lowest BCUT2D eigenvalue weighted by Gasteiger charge is -2.04. The lowest BCUT2D eigenvalue weighted by atomic mass is 10.3. The van der Waals surface area contributed by atoms with E-state index in [0.29, 0.717) is 6.07 Å². The number of rotatable bonds is 2. The molecule has 0 atom stereocenters. The smallest absolute Gasteiger partial charge is 0.356 e. The third kappa shape index (κ3) is 1.94. The van der Waals surface area contributed by atoms with Crippen LogP contribution in [-0.2, 0) is 0 Å². The number of hydrogen-bond donors (Lipinski definition) is 2. The van der Waals surface area contributed by atoms with Gasteiger partial charge >= 0.3 is 5.97 Å². The number of halogens is 2. The van der Waals surface area contributed by atoms with Crippen LogP contribution in [0.4, 0.5) is 14.6 Å². The summed E-state index contributed by atoms with van der Waals surface area (Å²) in [6, 6.07) is 3.90. The van der Waals surface area contributed by atoms with Crippen molar-refractivity contribution in [2.75, 3.05) is 5.73 Å². The van der Waals surface area contributed by atoms with E-state index < -0.39 is 17.6 Å². The van der Waals surface area contributed by atoms with Gasteiger partial charge in [0.05, 0.1) is 0 Å². The highest BCUT2D eigenvalue weighted by Gasteiger charge is 2.15. The van der Waals surface area contributed by atoms with E-state index in [4.69, 9.17) is 10.8 Å². The first-order valence-corrected chi connectivity index (χ1v) is 4.53. The monoisotopic (exact) mass is 239 g/mol. The summed E-state index contributed by atoms with van der Waals surface area (Å²) < 4.78 is 27.0. The predicted octanol–water partition coefficient (Wildman–Crippen LogP) is 1.43. The van der Waals surface area contributed by atoms with E-state index >= 15 is 0 Å². The van der Waals surface area contributed by atoms with Crippen molar-refractivity contribution < 1.29 is 18.7 Å². The van der Waals surface area contributed by atoms with Crippen LogP contribution >= 0.6 is 0 Å².